The average Bonchev–Trinajstić information content (AvgIpc) is 2.83. The standard InChI is InChI=1S/C14H15FN2OS/c1-9-7-10(17-18-9)8-16-13-5-6-19-14-11(13)3-2-4-12(14)15/h2-4,7,13,16H,5-6,8H2,1H3. The molecule has 1 aromatic carbocycles. The molecule has 19 heavy (non-hydrogen) atoms. The van der Waals surface area contributed by atoms with Crippen molar-refractivity contribution in [3.63, 3.8) is 0 Å². The molecule has 5 heteroatoms. The second kappa shape index (κ2) is 5.35. The highest BCUT2D eigenvalue weighted by molar-refractivity contribution is 7.99. The molecule has 0 spiro atoms. The summed E-state index contributed by atoms with van der Waals surface area (Å²) in [4.78, 5) is 0.780. The summed E-state index contributed by atoms with van der Waals surface area (Å²) >= 11 is 1.60. The van der Waals surface area contributed by atoms with Gasteiger partial charge in [0.2, 0.25) is 0 Å². The normalized spacial score (nSPS) is 18.3. The molecule has 3 rings (SSSR count). The number of thioether (sulfide) groups is 1. The Labute approximate surface area is 115 Å². The third kappa shape index (κ3) is 2.67. The van der Waals surface area contributed by atoms with E-state index in [1.54, 1.807) is 17.8 Å². The Balaban J connectivity index is 1.75. The summed E-state index contributed by atoms with van der Waals surface area (Å²) in [6.07, 6.45) is 0.998. The smallest absolute Gasteiger partial charge is 0.137 e. The largest absolute Gasteiger partial charge is 0.361 e. The van der Waals surface area contributed by atoms with Crippen LogP contribution in [0, 0.1) is 12.7 Å². The van der Waals surface area contributed by atoms with Gasteiger partial charge in [0, 0.05) is 23.5 Å². The van der Waals surface area contributed by atoms with Gasteiger partial charge in [-0.05, 0) is 30.7 Å². The zero-order valence-electron chi connectivity index (χ0n) is 10.6. The summed E-state index contributed by atoms with van der Waals surface area (Å²) in [5.41, 5.74) is 1.94. The summed E-state index contributed by atoms with van der Waals surface area (Å²) in [5, 5.41) is 7.39. The minimum Gasteiger partial charge on any atom is -0.361 e. The molecule has 0 fully saturated rings. The number of benzene rings is 1. The van der Waals surface area contributed by atoms with Crippen molar-refractivity contribution in [3.8, 4) is 0 Å². The lowest BCUT2D eigenvalue weighted by atomic mass is 10.0. The third-order valence-corrected chi connectivity index (χ3v) is 4.39. The fourth-order valence-electron chi connectivity index (χ4n) is 2.33. The van der Waals surface area contributed by atoms with Crippen LogP contribution in [0.25, 0.3) is 0 Å². The Hall–Kier alpha value is -1.33. The molecular weight excluding hydrogens is 263 g/mol. The van der Waals surface area contributed by atoms with Crippen LogP contribution < -0.4 is 5.32 Å². The van der Waals surface area contributed by atoms with E-state index < -0.39 is 0 Å². The number of fused-ring (bicyclic) bond motifs is 1. The molecule has 1 aliphatic rings. The maximum absolute atomic E-state index is 13.7. The van der Waals surface area contributed by atoms with Crippen LogP contribution in [-0.2, 0) is 6.54 Å². The number of nitrogens with zero attached hydrogens (tertiary/aromatic N) is 1. The fourth-order valence-corrected chi connectivity index (χ4v) is 3.47. The van der Waals surface area contributed by atoms with Crippen molar-refractivity contribution in [2.45, 2.75) is 30.8 Å². The Kier molecular flexibility index (Phi) is 3.57. The molecule has 0 radical (unpaired) electrons. The molecule has 2 aromatic rings. The highest BCUT2D eigenvalue weighted by atomic mass is 32.2. The maximum Gasteiger partial charge on any atom is 0.137 e. The second-order valence-corrected chi connectivity index (χ2v) is 5.76. The van der Waals surface area contributed by atoms with Gasteiger partial charge in [-0.15, -0.1) is 11.8 Å². The van der Waals surface area contributed by atoms with Gasteiger partial charge in [-0.25, -0.2) is 4.39 Å². The van der Waals surface area contributed by atoms with Gasteiger partial charge in [0.05, 0.1) is 5.69 Å². The minimum absolute atomic E-state index is 0.119. The number of hydrogen-bond donors (Lipinski definition) is 1. The van der Waals surface area contributed by atoms with E-state index in [1.165, 1.54) is 6.07 Å². The van der Waals surface area contributed by atoms with Crippen molar-refractivity contribution in [2.24, 2.45) is 0 Å². The van der Waals surface area contributed by atoms with Crippen molar-refractivity contribution in [2.75, 3.05) is 5.75 Å². The number of nitrogens with one attached hydrogen (secondary N) is 1. The van der Waals surface area contributed by atoms with E-state index in [1.807, 2.05) is 19.1 Å². The van der Waals surface area contributed by atoms with Gasteiger partial charge in [-0.1, -0.05) is 17.3 Å². The first kappa shape index (κ1) is 12.7. The minimum atomic E-state index is -0.119. The van der Waals surface area contributed by atoms with E-state index in [0.29, 0.717) is 6.54 Å². The Morgan fingerprint density at radius 2 is 2.42 bits per heavy atom. The van der Waals surface area contributed by atoms with Crippen LogP contribution in [-0.4, -0.2) is 10.9 Å². The molecular formula is C14H15FN2OS. The molecule has 2 heterocycles. The second-order valence-electron chi connectivity index (χ2n) is 4.66. The molecule has 0 saturated carbocycles. The molecule has 1 unspecified atom stereocenters. The molecule has 100 valence electrons. The highest BCUT2D eigenvalue weighted by Gasteiger charge is 2.22. The van der Waals surface area contributed by atoms with Gasteiger partial charge < -0.3 is 9.84 Å². The fraction of sp³-hybridized carbons (Fsp3) is 0.357. The lowest BCUT2D eigenvalue weighted by Crippen LogP contribution is -2.24. The van der Waals surface area contributed by atoms with Crippen molar-refractivity contribution in [3.05, 3.63) is 47.1 Å². The molecule has 0 bridgehead atoms. The van der Waals surface area contributed by atoms with E-state index in [9.17, 15) is 4.39 Å². The zero-order chi connectivity index (χ0) is 13.2. The van der Waals surface area contributed by atoms with Crippen molar-refractivity contribution < 1.29 is 8.91 Å². The van der Waals surface area contributed by atoms with Gasteiger partial charge in [-0.2, -0.15) is 0 Å². The van der Waals surface area contributed by atoms with Gasteiger partial charge in [0.15, 0.2) is 0 Å². The SMILES string of the molecule is Cc1cc(CNC2CCSc3c(F)cccc32)no1. The molecule has 1 N–H and O–H groups in total. The van der Waals surface area contributed by atoms with Gasteiger partial charge in [-0.3, -0.25) is 0 Å². The summed E-state index contributed by atoms with van der Waals surface area (Å²) in [7, 11) is 0. The number of rotatable bonds is 3. The van der Waals surface area contributed by atoms with Crippen LogP contribution in [0.2, 0.25) is 0 Å². The number of aryl methyl sites for hydroxylation is 1. The molecule has 1 aliphatic heterocycles. The lowest BCUT2D eigenvalue weighted by Gasteiger charge is -2.26. The van der Waals surface area contributed by atoms with Crippen LogP contribution in [0.5, 0.6) is 0 Å². The maximum atomic E-state index is 13.7. The number of halogens is 1. The first-order valence-corrected chi connectivity index (χ1v) is 7.29. The van der Waals surface area contributed by atoms with Gasteiger partial charge in [0.1, 0.15) is 11.6 Å². The van der Waals surface area contributed by atoms with E-state index in [2.05, 4.69) is 10.5 Å². The Morgan fingerprint density at radius 1 is 1.53 bits per heavy atom. The number of hydrogen-bond acceptors (Lipinski definition) is 4. The molecule has 1 aromatic heterocycles. The number of aromatic nitrogens is 1. The molecule has 0 aliphatic carbocycles. The Morgan fingerprint density at radius 3 is 3.21 bits per heavy atom. The topological polar surface area (TPSA) is 38.1 Å². The molecule has 0 saturated heterocycles. The molecule has 0 amide bonds. The first-order chi connectivity index (χ1) is 9.24. The third-order valence-electron chi connectivity index (χ3n) is 3.23. The van der Waals surface area contributed by atoms with E-state index in [0.717, 1.165) is 34.1 Å². The van der Waals surface area contributed by atoms with Crippen molar-refractivity contribution in [1.82, 2.24) is 10.5 Å². The van der Waals surface area contributed by atoms with Crippen molar-refractivity contribution in [1.29, 1.82) is 0 Å². The summed E-state index contributed by atoms with van der Waals surface area (Å²) in [5.74, 6) is 1.62. The highest BCUT2D eigenvalue weighted by Crippen LogP contribution is 2.37. The van der Waals surface area contributed by atoms with E-state index in [4.69, 9.17) is 4.52 Å². The Bertz CT molecular complexity index is 585. The molecule has 3 nitrogen and oxygen atoms in total. The van der Waals surface area contributed by atoms with E-state index >= 15 is 0 Å². The summed E-state index contributed by atoms with van der Waals surface area (Å²) in [6, 6.07) is 7.39. The van der Waals surface area contributed by atoms with E-state index in [-0.39, 0.29) is 11.9 Å². The quantitative estimate of drug-likeness (QED) is 0.933. The van der Waals surface area contributed by atoms with Gasteiger partial charge in [0.25, 0.3) is 0 Å². The molecule has 1 atom stereocenters. The van der Waals surface area contributed by atoms with Crippen LogP contribution >= 0.6 is 11.8 Å². The van der Waals surface area contributed by atoms with Crippen LogP contribution in [0.15, 0.2) is 33.7 Å². The average molecular weight is 278 g/mol. The predicted octanol–water partition coefficient (Wildman–Crippen LogP) is 3.45. The van der Waals surface area contributed by atoms with Crippen molar-refractivity contribution >= 4 is 11.8 Å². The zero-order valence-corrected chi connectivity index (χ0v) is 11.5. The van der Waals surface area contributed by atoms with Gasteiger partial charge >= 0.3 is 0 Å². The first-order valence-electron chi connectivity index (χ1n) is 6.31. The predicted molar refractivity (Wildman–Crippen MR) is 72.6 cm³/mol. The monoisotopic (exact) mass is 278 g/mol. The van der Waals surface area contributed by atoms with Crippen LogP contribution in [0.4, 0.5) is 4.39 Å². The van der Waals surface area contributed by atoms with Crippen LogP contribution in [0.3, 0.4) is 0 Å². The summed E-state index contributed by atoms with van der Waals surface area (Å²) < 4.78 is 18.8. The lowest BCUT2D eigenvalue weighted by molar-refractivity contribution is 0.384. The summed E-state index contributed by atoms with van der Waals surface area (Å²) in [6.45, 7) is 2.51. The van der Waals surface area contributed by atoms with Crippen LogP contribution in [0.1, 0.15) is 29.5 Å².